The van der Waals surface area contributed by atoms with Gasteiger partial charge < -0.3 is 15.2 Å². The van der Waals surface area contributed by atoms with E-state index in [1.165, 1.54) is 0 Å². The zero-order valence-corrected chi connectivity index (χ0v) is 13.8. The van der Waals surface area contributed by atoms with Gasteiger partial charge in [-0.05, 0) is 51.7 Å². The molecule has 1 aromatic heterocycles. The summed E-state index contributed by atoms with van der Waals surface area (Å²) < 4.78 is 21.9. The molecular formula is C14H22N3O4S-. The number of rotatable bonds is 3. The van der Waals surface area contributed by atoms with Crippen LogP contribution >= 0.6 is 0 Å². The Kier molecular flexibility index (Phi) is 5.53. The van der Waals surface area contributed by atoms with Gasteiger partial charge in [0.2, 0.25) is 10.0 Å². The van der Waals surface area contributed by atoms with Crippen molar-refractivity contribution in [1.82, 2.24) is 10.3 Å². The largest absolute Gasteiger partial charge is 0.530 e. The molecule has 2 rings (SSSR count). The van der Waals surface area contributed by atoms with E-state index in [-0.39, 0.29) is 0 Å². The van der Waals surface area contributed by atoms with Crippen molar-refractivity contribution in [2.24, 2.45) is 5.14 Å². The van der Waals surface area contributed by atoms with Crippen LogP contribution in [0.2, 0.25) is 0 Å². The fourth-order valence-corrected chi connectivity index (χ4v) is 2.92. The van der Waals surface area contributed by atoms with E-state index in [0.717, 1.165) is 5.56 Å². The molecule has 1 heterocycles. The number of aromatic nitrogens is 1. The second-order valence-electron chi connectivity index (χ2n) is 6.43. The molecule has 124 valence electrons. The summed E-state index contributed by atoms with van der Waals surface area (Å²) in [7, 11) is -3.42. The van der Waals surface area contributed by atoms with E-state index in [4.69, 9.17) is 5.14 Å². The fourth-order valence-electron chi connectivity index (χ4n) is 1.88. The summed E-state index contributed by atoms with van der Waals surface area (Å²) in [6, 6.07) is 3.67. The molecule has 22 heavy (non-hydrogen) atoms. The fraction of sp³-hybridized carbons (Fsp3) is 0.571. The number of hydrogen-bond donors (Lipinski definition) is 2. The average molecular weight is 328 g/mol. The van der Waals surface area contributed by atoms with E-state index in [2.05, 4.69) is 10.3 Å². The number of carboxylic acid groups (broad SMARTS) is 1. The second kappa shape index (κ2) is 6.62. The predicted octanol–water partition coefficient (Wildman–Crippen LogP) is 0.163. The zero-order valence-electron chi connectivity index (χ0n) is 13.0. The monoisotopic (exact) mass is 328 g/mol. The van der Waals surface area contributed by atoms with Gasteiger partial charge in [-0.15, -0.1) is 0 Å². The summed E-state index contributed by atoms with van der Waals surface area (Å²) in [4.78, 5) is 13.7. The van der Waals surface area contributed by atoms with E-state index in [9.17, 15) is 18.3 Å². The van der Waals surface area contributed by atoms with E-state index < -0.39 is 26.4 Å². The summed E-state index contributed by atoms with van der Waals surface area (Å²) in [6.07, 6.45) is 3.95. The number of nitrogens with two attached hydrogens (primary N) is 1. The first kappa shape index (κ1) is 18.4. The first-order chi connectivity index (χ1) is 9.95. The molecule has 0 radical (unpaired) electrons. The Morgan fingerprint density at radius 2 is 2.05 bits per heavy atom. The quantitative estimate of drug-likeness (QED) is 0.817. The average Bonchev–Trinajstić information content (AvgIpc) is 3.08. The number of carbonyl (C=O) groups is 1. The lowest BCUT2D eigenvalue weighted by Crippen LogP contribution is -2.47. The molecule has 8 heteroatoms. The third kappa shape index (κ3) is 5.98. The molecule has 3 N–H and O–H groups in total. The smallest absolute Gasteiger partial charge is 0.215 e. The minimum absolute atomic E-state index is 0.390. The number of carbonyl (C=O) groups excluding carboxylic acids is 1. The van der Waals surface area contributed by atoms with Crippen molar-refractivity contribution in [2.45, 2.75) is 50.3 Å². The van der Waals surface area contributed by atoms with Crippen LogP contribution in [0.4, 0.5) is 4.79 Å². The molecule has 1 saturated carbocycles. The van der Waals surface area contributed by atoms with Crippen LogP contribution in [-0.2, 0) is 16.4 Å². The number of primary sulfonamides is 1. The summed E-state index contributed by atoms with van der Waals surface area (Å²) in [5.41, 5.74) is 0.540. The Morgan fingerprint density at radius 1 is 1.45 bits per heavy atom. The lowest BCUT2D eigenvalue weighted by molar-refractivity contribution is -0.252. The van der Waals surface area contributed by atoms with Crippen LogP contribution in [0, 0.1) is 0 Å². The predicted molar refractivity (Wildman–Crippen MR) is 81.3 cm³/mol. The van der Waals surface area contributed by atoms with Crippen molar-refractivity contribution in [3.8, 4) is 0 Å². The van der Waals surface area contributed by atoms with E-state index in [1.807, 2.05) is 6.07 Å². The molecule has 7 nitrogen and oxygen atoms in total. The SMILES string of the molecule is CC(C)(C)NC(=O)[O-].NS(=O)(=O)C1(Cc2cccnc2)CC1. The molecule has 1 aromatic rings. The molecule has 0 aliphatic heterocycles. The molecule has 1 fully saturated rings. The zero-order chi connectivity index (χ0) is 17.0. The van der Waals surface area contributed by atoms with Crippen LogP contribution in [0.15, 0.2) is 24.5 Å². The number of amides is 1. The third-order valence-electron chi connectivity index (χ3n) is 3.14. The van der Waals surface area contributed by atoms with Crippen LogP contribution in [0.5, 0.6) is 0 Å². The molecule has 1 aliphatic rings. The molecule has 0 bridgehead atoms. The summed E-state index contributed by atoms with van der Waals surface area (Å²) in [5, 5.41) is 17.2. The third-order valence-corrected chi connectivity index (χ3v) is 4.90. The van der Waals surface area contributed by atoms with Crippen molar-refractivity contribution in [3.63, 3.8) is 0 Å². The Hall–Kier alpha value is -1.67. The van der Waals surface area contributed by atoms with Gasteiger partial charge in [-0.25, -0.2) is 13.6 Å². The van der Waals surface area contributed by atoms with Gasteiger partial charge in [-0.2, -0.15) is 0 Å². The number of sulfonamides is 1. The first-order valence-electron chi connectivity index (χ1n) is 6.86. The highest BCUT2D eigenvalue weighted by Gasteiger charge is 2.52. The second-order valence-corrected chi connectivity index (χ2v) is 8.38. The van der Waals surface area contributed by atoms with Crippen molar-refractivity contribution >= 4 is 16.1 Å². The number of hydrogen-bond acceptors (Lipinski definition) is 5. The standard InChI is InChI=1S/C9H12N2O2S.C5H11NO2/c10-14(12,13)9(3-4-9)6-8-2-1-5-11-7-8;1-5(2,3)6-4(7)8/h1-2,5,7H,3-4,6H2,(H2,10,12,13);6H,1-3H3,(H,7,8)/p-1. The highest BCUT2D eigenvalue weighted by Crippen LogP contribution is 2.44. The minimum atomic E-state index is -3.42. The van der Waals surface area contributed by atoms with E-state index in [0.29, 0.717) is 19.3 Å². The van der Waals surface area contributed by atoms with Crippen LogP contribution < -0.4 is 15.6 Å². The molecule has 1 amide bonds. The lowest BCUT2D eigenvalue weighted by atomic mass is 10.1. The normalized spacial score (nSPS) is 16.2. The van der Waals surface area contributed by atoms with E-state index in [1.54, 1.807) is 39.2 Å². The Bertz CT molecular complexity index is 605. The first-order valence-corrected chi connectivity index (χ1v) is 8.40. The molecule has 0 aromatic carbocycles. The van der Waals surface area contributed by atoms with Crippen molar-refractivity contribution in [3.05, 3.63) is 30.1 Å². The van der Waals surface area contributed by atoms with Gasteiger partial charge in [0.25, 0.3) is 0 Å². The number of nitrogens with zero attached hydrogens (tertiary/aromatic N) is 1. The molecule has 0 atom stereocenters. The van der Waals surface area contributed by atoms with Crippen LogP contribution in [0.25, 0.3) is 0 Å². The van der Waals surface area contributed by atoms with Crippen LogP contribution in [0.1, 0.15) is 39.2 Å². The van der Waals surface area contributed by atoms with Gasteiger partial charge in [-0.1, -0.05) is 6.07 Å². The van der Waals surface area contributed by atoms with Gasteiger partial charge in [0.1, 0.15) is 6.09 Å². The van der Waals surface area contributed by atoms with Gasteiger partial charge >= 0.3 is 0 Å². The van der Waals surface area contributed by atoms with Crippen molar-refractivity contribution in [1.29, 1.82) is 0 Å². The van der Waals surface area contributed by atoms with Crippen LogP contribution in [-0.4, -0.2) is 29.8 Å². The number of pyridine rings is 1. The van der Waals surface area contributed by atoms with E-state index >= 15 is 0 Å². The van der Waals surface area contributed by atoms with Gasteiger partial charge in [0.15, 0.2) is 0 Å². The minimum Gasteiger partial charge on any atom is -0.530 e. The summed E-state index contributed by atoms with van der Waals surface area (Å²) in [5.74, 6) is 0. The van der Waals surface area contributed by atoms with Gasteiger partial charge in [-0.3, -0.25) is 4.98 Å². The van der Waals surface area contributed by atoms with Crippen molar-refractivity contribution in [2.75, 3.05) is 0 Å². The topological polar surface area (TPSA) is 125 Å². The molecular weight excluding hydrogens is 306 g/mol. The molecule has 0 unspecified atom stereocenters. The Balaban J connectivity index is 0.000000261. The Labute approximate surface area is 131 Å². The lowest BCUT2D eigenvalue weighted by Gasteiger charge is -2.21. The molecule has 0 spiro atoms. The van der Waals surface area contributed by atoms with Crippen LogP contribution in [0.3, 0.4) is 0 Å². The Morgan fingerprint density at radius 3 is 2.32 bits per heavy atom. The summed E-state index contributed by atoms with van der Waals surface area (Å²) in [6.45, 7) is 5.26. The molecule has 1 aliphatic carbocycles. The van der Waals surface area contributed by atoms with Gasteiger partial charge in [0, 0.05) is 17.9 Å². The number of nitrogens with one attached hydrogen (secondary N) is 1. The molecule has 0 saturated heterocycles. The maximum atomic E-state index is 11.3. The highest BCUT2D eigenvalue weighted by atomic mass is 32.2. The summed E-state index contributed by atoms with van der Waals surface area (Å²) >= 11 is 0. The van der Waals surface area contributed by atoms with Gasteiger partial charge in [0.05, 0.1) is 4.75 Å². The highest BCUT2D eigenvalue weighted by molar-refractivity contribution is 7.90. The maximum absolute atomic E-state index is 11.3. The van der Waals surface area contributed by atoms with Crippen molar-refractivity contribution < 1.29 is 18.3 Å². The maximum Gasteiger partial charge on any atom is 0.215 e.